The van der Waals surface area contributed by atoms with Crippen LogP contribution in [0.5, 0.6) is 0 Å². The van der Waals surface area contributed by atoms with Gasteiger partial charge in [0.1, 0.15) is 5.82 Å². The minimum Gasteiger partial charge on any atom is -0.382 e. The maximum absolute atomic E-state index is 5.56. The number of hydrogen-bond acceptors (Lipinski definition) is 6. The molecular formula is C7H12N6. The third-order valence-electron chi connectivity index (χ3n) is 1.97. The van der Waals surface area contributed by atoms with Crippen LogP contribution in [0.4, 0.5) is 17.5 Å². The third-order valence-corrected chi connectivity index (χ3v) is 1.97. The molecular weight excluding hydrogens is 168 g/mol. The second-order valence-electron chi connectivity index (χ2n) is 2.84. The Morgan fingerprint density at radius 2 is 2.46 bits per heavy atom. The van der Waals surface area contributed by atoms with Crippen LogP contribution in [0, 0.1) is 0 Å². The normalized spacial score (nSPS) is 15.0. The summed E-state index contributed by atoms with van der Waals surface area (Å²) in [5.41, 5.74) is 11.1. The first kappa shape index (κ1) is 8.06. The topological polar surface area (TPSA) is 93.1 Å². The van der Waals surface area contributed by atoms with E-state index in [4.69, 9.17) is 11.5 Å². The molecule has 1 aliphatic heterocycles. The smallest absolute Gasteiger partial charge is 0.175 e. The lowest BCUT2D eigenvalue weighted by Crippen LogP contribution is -2.39. The predicted molar refractivity (Wildman–Crippen MR) is 51.3 cm³/mol. The first-order valence-corrected chi connectivity index (χ1v) is 4.12. The third kappa shape index (κ3) is 1.35. The van der Waals surface area contributed by atoms with Crippen molar-refractivity contribution in [1.29, 1.82) is 0 Å². The molecule has 0 fully saturated rings. The summed E-state index contributed by atoms with van der Waals surface area (Å²) in [5, 5.41) is 3.13. The largest absolute Gasteiger partial charge is 0.382 e. The van der Waals surface area contributed by atoms with Crippen LogP contribution in [0.2, 0.25) is 0 Å². The number of nitrogens with two attached hydrogens (primary N) is 2. The van der Waals surface area contributed by atoms with E-state index in [9.17, 15) is 0 Å². The molecule has 1 aromatic rings. The van der Waals surface area contributed by atoms with Crippen molar-refractivity contribution in [2.24, 2.45) is 5.73 Å². The van der Waals surface area contributed by atoms with Gasteiger partial charge in [-0.15, -0.1) is 0 Å². The van der Waals surface area contributed by atoms with Gasteiger partial charge in [-0.1, -0.05) is 0 Å². The highest BCUT2D eigenvalue weighted by Gasteiger charge is 2.17. The molecule has 0 unspecified atom stereocenters. The SMILES string of the molecule is NCN1CCNc2ncc(N)nc21. The second kappa shape index (κ2) is 3.06. The Kier molecular flexibility index (Phi) is 1.90. The molecule has 1 aliphatic rings. The fourth-order valence-electron chi connectivity index (χ4n) is 1.33. The quantitative estimate of drug-likeness (QED) is 0.524. The molecule has 0 amide bonds. The van der Waals surface area contributed by atoms with Crippen molar-refractivity contribution >= 4 is 17.5 Å². The second-order valence-corrected chi connectivity index (χ2v) is 2.84. The molecule has 0 spiro atoms. The highest BCUT2D eigenvalue weighted by atomic mass is 15.3. The van der Waals surface area contributed by atoms with Crippen LogP contribution in [0.1, 0.15) is 0 Å². The summed E-state index contributed by atoms with van der Waals surface area (Å²) < 4.78 is 0. The fourth-order valence-corrected chi connectivity index (χ4v) is 1.33. The van der Waals surface area contributed by atoms with Gasteiger partial charge < -0.3 is 21.7 Å². The van der Waals surface area contributed by atoms with Gasteiger partial charge in [0, 0.05) is 13.1 Å². The van der Waals surface area contributed by atoms with Crippen LogP contribution in [-0.4, -0.2) is 29.7 Å². The standard InChI is InChI=1S/C7H12N6/c8-4-13-2-1-10-6-7(13)12-5(9)3-11-6/h3H,1-2,4,8H2,(H2,9,12)(H,10,11). The zero-order valence-electron chi connectivity index (χ0n) is 7.20. The Bertz CT molecular complexity index is 312. The monoisotopic (exact) mass is 180 g/mol. The highest BCUT2D eigenvalue weighted by molar-refractivity contribution is 5.64. The average Bonchev–Trinajstić information content (AvgIpc) is 2.17. The van der Waals surface area contributed by atoms with E-state index in [1.807, 2.05) is 4.90 Å². The summed E-state index contributed by atoms with van der Waals surface area (Å²) in [5.74, 6) is 1.92. The van der Waals surface area contributed by atoms with Gasteiger partial charge >= 0.3 is 0 Å². The van der Waals surface area contributed by atoms with E-state index in [2.05, 4.69) is 15.3 Å². The van der Waals surface area contributed by atoms with Gasteiger partial charge in [-0.2, -0.15) is 0 Å². The van der Waals surface area contributed by atoms with E-state index in [1.165, 1.54) is 6.20 Å². The van der Waals surface area contributed by atoms with Crippen molar-refractivity contribution in [3.8, 4) is 0 Å². The summed E-state index contributed by atoms with van der Waals surface area (Å²) in [7, 11) is 0. The minimum absolute atomic E-state index is 0.418. The van der Waals surface area contributed by atoms with Crippen LogP contribution in [0.15, 0.2) is 6.20 Å². The summed E-state index contributed by atoms with van der Waals surface area (Å²) in [4.78, 5) is 10.2. The molecule has 2 heterocycles. The van der Waals surface area contributed by atoms with Crippen LogP contribution < -0.4 is 21.7 Å². The lowest BCUT2D eigenvalue weighted by molar-refractivity contribution is 0.774. The summed E-state index contributed by atoms with van der Waals surface area (Å²) in [6.07, 6.45) is 1.53. The molecule has 0 saturated carbocycles. The van der Waals surface area contributed by atoms with Crippen molar-refractivity contribution in [1.82, 2.24) is 9.97 Å². The molecule has 13 heavy (non-hydrogen) atoms. The summed E-state index contributed by atoms with van der Waals surface area (Å²) in [6, 6.07) is 0. The fraction of sp³-hybridized carbons (Fsp3) is 0.429. The summed E-state index contributed by atoms with van der Waals surface area (Å²) >= 11 is 0. The van der Waals surface area contributed by atoms with Gasteiger partial charge in [0.05, 0.1) is 12.9 Å². The number of fused-ring (bicyclic) bond motifs is 1. The van der Waals surface area contributed by atoms with Crippen LogP contribution in [0.25, 0.3) is 0 Å². The Morgan fingerprint density at radius 3 is 3.23 bits per heavy atom. The number of rotatable bonds is 1. The van der Waals surface area contributed by atoms with Gasteiger partial charge in [0.25, 0.3) is 0 Å². The number of nitrogens with zero attached hydrogens (tertiary/aromatic N) is 3. The maximum atomic E-state index is 5.56. The molecule has 0 bridgehead atoms. The van der Waals surface area contributed by atoms with E-state index in [0.29, 0.717) is 12.5 Å². The Balaban J connectivity index is 2.41. The molecule has 0 atom stereocenters. The van der Waals surface area contributed by atoms with Crippen LogP contribution in [-0.2, 0) is 0 Å². The molecule has 1 aromatic heterocycles. The van der Waals surface area contributed by atoms with Gasteiger partial charge in [-0.05, 0) is 0 Å². The van der Waals surface area contributed by atoms with E-state index in [-0.39, 0.29) is 0 Å². The average molecular weight is 180 g/mol. The summed E-state index contributed by atoms with van der Waals surface area (Å²) in [6.45, 7) is 2.11. The first-order valence-electron chi connectivity index (χ1n) is 4.12. The van der Waals surface area contributed by atoms with Gasteiger partial charge in [0.2, 0.25) is 0 Å². The van der Waals surface area contributed by atoms with Gasteiger partial charge in [-0.25, -0.2) is 9.97 Å². The molecule has 2 rings (SSSR count). The Labute approximate surface area is 75.9 Å². The molecule has 0 saturated heterocycles. The van der Waals surface area contributed by atoms with Gasteiger partial charge in [0.15, 0.2) is 11.6 Å². The van der Waals surface area contributed by atoms with E-state index < -0.39 is 0 Å². The highest BCUT2D eigenvalue weighted by Crippen LogP contribution is 2.23. The molecule has 6 nitrogen and oxygen atoms in total. The Hall–Kier alpha value is -1.56. The zero-order valence-corrected chi connectivity index (χ0v) is 7.20. The minimum atomic E-state index is 0.418. The lowest BCUT2D eigenvalue weighted by atomic mass is 10.4. The van der Waals surface area contributed by atoms with E-state index in [0.717, 1.165) is 24.7 Å². The molecule has 70 valence electrons. The van der Waals surface area contributed by atoms with Crippen LogP contribution >= 0.6 is 0 Å². The molecule has 5 N–H and O–H groups in total. The van der Waals surface area contributed by atoms with Crippen molar-refractivity contribution < 1.29 is 0 Å². The van der Waals surface area contributed by atoms with Gasteiger partial charge in [-0.3, -0.25) is 0 Å². The molecule has 6 heteroatoms. The van der Waals surface area contributed by atoms with Crippen molar-refractivity contribution in [2.45, 2.75) is 0 Å². The molecule has 0 radical (unpaired) electrons. The molecule has 0 aromatic carbocycles. The number of nitrogen functional groups attached to an aromatic ring is 1. The lowest BCUT2D eigenvalue weighted by Gasteiger charge is -2.28. The van der Waals surface area contributed by atoms with Crippen molar-refractivity contribution in [3.05, 3.63) is 6.20 Å². The predicted octanol–water partition coefficient (Wildman–Crippen LogP) is -0.793. The number of anilines is 3. The van der Waals surface area contributed by atoms with Crippen LogP contribution in [0.3, 0.4) is 0 Å². The first-order chi connectivity index (χ1) is 6.31. The molecule has 0 aliphatic carbocycles. The number of nitrogens with one attached hydrogen (secondary N) is 1. The Morgan fingerprint density at radius 1 is 1.62 bits per heavy atom. The van der Waals surface area contributed by atoms with Crippen molar-refractivity contribution in [3.63, 3.8) is 0 Å². The van der Waals surface area contributed by atoms with E-state index in [1.54, 1.807) is 0 Å². The zero-order chi connectivity index (χ0) is 9.26. The van der Waals surface area contributed by atoms with E-state index >= 15 is 0 Å². The number of hydrogen-bond donors (Lipinski definition) is 3. The maximum Gasteiger partial charge on any atom is 0.175 e. The number of aromatic nitrogens is 2. The van der Waals surface area contributed by atoms with Crippen molar-refractivity contribution in [2.75, 3.05) is 35.7 Å².